The number of hydrogen-bond donors (Lipinski definition) is 1. The molecule has 1 N–H and O–H groups in total. The Kier molecular flexibility index (Phi) is 5.30. The number of aromatic nitrogens is 1. The summed E-state index contributed by atoms with van der Waals surface area (Å²) >= 11 is 3.34. The highest BCUT2D eigenvalue weighted by Gasteiger charge is 2.04. The summed E-state index contributed by atoms with van der Waals surface area (Å²) in [6.07, 6.45) is 3.29. The lowest BCUT2D eigenvalue weighted by Gasteiger charge is -2.12. The van der Waals surface area contributed by atoms with Crippen LogP contribution in [-0.4, -0.2) is 11.0 Å². The third-order valence-electron chi connectivity index (χ3n) is 2.19. The van der Waals surface area contributed by atoms with Crippen LogP contribution in [0.25, 0.3) is 0 Å². The number of nitriles is 1. The highest BCUT2D eigenvalue weighted by Crippen LogP contribution is 2.07. The van der Waals surface area contributed by atoms with Crippen LogP contribution >= 0.6 is 15.9 Å². The van der Waals surface area contributed by atoms with E-state index in [0.29, 0.717) is 13.0 Å². The SMILES string of the molecule is CCC(CC#N)NCc1ccc(Br)cn1. The lowest BCUT2D eigenvalue weighted by molar-refractivity contribution is 0.501. The molecule has 0 saturated heterocycles. The van der Waals surface area contributed by atoms with Gasteiger partial charge in [-0.3, -0.25) is 4.98 Å². The summed E-state index contributed by atoms with van der Waals surface area (Å²) in [6, 6.07) is 6.37. The minimum Gasteiger partial charge on any atom is -0.307 e. The molecule has 0 bridgehead atoms. The molecule has 1 rings (SSSR count). The van der Waals surface area contributed by atoms with Crippen LogP contribution in [-0.2, 0) is 6.54 Å². The van der Waals surface area contributed by atoms with Crippen LogP contribution in [0.3, 0.4) is 0 Å². The lowest BCUT2D eigenvalue weighted by Crippen LogP contribution is -2.27. The molecule has 0 saturated carbocycles. The minimum atomic E-state index is 0.264. The number of rotatable bonds is 5. The molecule has 0 aliphatic heterocycles. The second kappa shape index (κ2) is 6.54. The van der Waals surface area contributed by atoms with E-state index in [1.54, 1.807) is 6.20 Å². The fourth-order valence-corrected chi connectivity index (χ4v) is 1.47. The molecule has 15 heavy (non-hydrogen) atoms. The largest absolute Gasteiger partial charge is 0.307 e. The smallest absolute Gasteiger partial charge is 0.0638 e. The van der Waals surface area contributed by atoms with Gasteiger partial charge in [0.25, 0.3) is 0 Å². The maximum Gasteiger partial charge on any atom is 0.0638 e. The fraction of sp³-hybridized carbons (Fsp3) is 0.455. The van der Waals surface area contributed by atoms with E-state index in [1.807, 2.05) is 12.1 Å². The van der Waals surface area contributed by atoms with E-state index in [4.69, 9.17) is 5.26 Å². The van der Waals surface area contributed by atoms with E-state index >= 15 is 0 Å². The average molecular weight is 268 g/mol. The minimum absolute atomic E-state index is 0.264. The molecule has 0 spiro atoms. The van der Waals surface area contributed by atoms with Gasteiger partial charge in [-0.2, -0.15) is 5.26 Å². The molecule has 3 nitrogen and oxygen atoms in total. The zero-order valence-corrected chi connectivity index (χ0v) is 10.3. The summed E-state index contributed by atoms with van der Waals surface area (Å²) in [5.41, 5.74) is 0.995. The number of nitrogens with zero attached hydrogens (tertiary/aromatic N) is 2. The zero-order chi connectivity index (χ0) is 11.1. The number of hydrogen-bond acceptors (Lipinski definition) is 3. The molecule has 0 fully saturated rings. The zero-order valence-electron chi connectivity index (χ0n) is 8.70. The molecule has 0 aromatic carbocycles. The van der Waals surface area contributed by atoms with Crippen molar-refractivity contribution in [2.45, 2.75) is 32.4 Å². The Balaban J connectivity index is 2.42. The van der Waals surface area contributed by atoms with Crippen molar-refractivity contribution in [3.63, 3.8) is 0 Å². The molecule has 0 aliphatic carbocycles. The molecule has 1 atom stereocenters. The van der Waals surface area contributed by atoms with Gasteiger partial charge in [0, 0.05) is 23.3 Å². The number of pyridine rings is 1. The molecule has 80 valence electrons. The van der Waals surface area contributed by atoms with Gasteiger partial charge in [0.2, 0.25) is 0 Å². The van der Waals surface area contributed by atoms with Gasteiger partial charge in [-0.1, -0.05) is 6.92 Å². The Morgan fingerprint density at radius 1 is 1.60 bits per heavy atom. The predicted molar refractivity (Wildman–Crippen MR) is 63.1 cm³/mol. The van der Waals surface area contributed by atoms with Crippen molar-refractivity contribution in [3.8, 4) is 6.07 Å². The molecule has 0 aliphatic rings. The fourth-order valence-electron chi connectivity index (χ4n) is 1.23. The molecule has 4 heteroatoms. The van der Waals surface area contributed by atoms with E-state index in [2.05, 4.69) is 39.2 Å². The molecular weight excluding hydrogens is 254 g/mol. The Morgan fingerprint density at radius 3 is 2.93 bits per heavy atom. The van der Waals surface area contributed by atoms with Gasteiger partial charge in [0.15, 0.2) is 0 Å². The van der Waals surface area contributed by atoms with Crippen molar-refractivity contribution in [1.82, 2.24) is 10.3 Å². The summed E-state index contributed by atoms with van der Waals surface area (Å²) in [6.45, 7) is 2.79. The first kappa shape index (κ1) is 12.2. The molecule has 1 unspecified atom stereocenters. The van der Waals surface area contributed by atoms with Crippen LogP contribution in [0.5, 0.6) is 0 Å². The van der Waals surface area contributed by atoms with Gasteiger partial charge in [-0.15, -0.1) is 0 Å². The standard InChI is InChI=1S/C11H14BrN3/c1-2-10(5-6-13)15-8-11-4-3-9(12)7-14-11/h3-4,7,10,15H,2,5,8H2,1H3. The molecular formula is C11H14BrN3. The van der Waals surface area contributed by atoms with Crippen LogP contribution in [0.2, 0.25) is 0 Å². The second-order valence-corrected chi connectivity index (χ2v) is 4.23. The third kappa shape index (κ3) is 4.41. The van der Waals surface area contributed by atoms with E-state index in [-0.39, 0.29) is 6.04 Å². The van der Waals surface area contributed by atoms with Gasteiger partial charge in [-0.25, -0.2) is 0 Å². The Hall–Kier alpha value is -0.920. The Morgan fingerprint density at radius 2 is 2.40 bits per heavy atom. The number of halogens is 1. The van der Waals surface area contributed by atoms with Crippen molar-refractivity contribution in [2.24, 2.45) is 0 Å². The quantitative estimate of drug-likeness (QED) is 0.893. The van der Waals surface area contributed by atoms with Crippen molar-refractivity contribution in [3.05, 3.63) is 28.5 Å². The lowest BCUT2D eigenvalue weighted by atomic mass is 10.1. The Bertz CT molecular complexity index is 329. The molecule has 1 aromatic heterocycles. The Labute approximate surface area is 98.7 Å². The predicted octanol–water partition coefficient (Wildman–Crippen LogP) is 2.63. The molecule has 0 amide bonds. The average Bonchev–Trinajstić information content (AvgIpc) is 2.26. The molecule has 1 aromatic rings. The third-order valence-corrected chi connectivity index (χ3v) is 2.66. The van der Waals surface area contributed by atoms with Crippen LogP contribution in [0.15, 0.2) is 22.8 Å². The highest BCUT2D eigenvalue weighted by atomic mass is 79.9. The van der Waals surface area contributed by atoms with Gasteiger partial charge >= 0.3 is 0 Å². The first-order valence-electron chi connectivity index (χ1n) is 4.97. The topological polar surface area (TPSA) is 48.7 Å². The van der Waals surface area contributed by atoms with Gasteiger partial charge < -0.3 is 5.32 Å². The summed E-state index contributed by atoms with van der Waals surface area (Å²) in [7, 11) is 0. The maximum atomic E-state index is 8.59. The van der Waals surface area contributed by atoms with E-state index < -0.39 is 0 Å². The number of nitrogens with one attached hydrogen (secondary N) is 1. The molecule has 0 radical (unpaired) electrons. The van der Waals surface area contributed by atoms with Crippen LogP contribution in [0.4, 0.5) is 0 Å². The van der Waals surface area contributed by atoms with Crippen LogP contribution < -0.4 is 5.32 Å². The van der Waals surface area contributed by atoms with Crippen molar-refractivity contribution >= 4 is 15.9 Å². The van der Waals surface area contributed by atoms with Crippen molar-refractivity contribution < 1.29 is 0 Å². The van der Waals surface area contributed by atoms with Crippen molar-refractivity contribution in [2.75, 3.05) is 0 Å². The van der Waals surface area contributed by atoms with Crippen LogP contribution in [0, 0.1) is 11.3 Å². The normalized spacial score (nSPS) is 12.1. The van der Waals surface area contributed by atoms with E-state index in [9.17, 15) is 0 Å². The maximum absolute atomic E-state index is 8.59. The van der Waals surface area contributed by atoms with E-state index in [0.717, 1.165) is 16.6 Å². The molecule has 1 heterocycles. The summed E-state index contributed by atoms with van der Waals surface area (Å²) in [5.74, 6) is 0. The second-order valence-electron chi connectivity index (χ2n) is 3.32. The van der Waals surface area contributed by atoms with Gasteiger partial charge in [0.05, 0.1) is 18.2 Å². The van der Waals surface area contributed by atoms with Gasteiger partial charge in [0.1, 0.15) is 0 Å². The van der Waals surface area contributed by atoms with Crippen LogP contribution in [0.1, 0.15) is 25.5 Å². The summed E-state index contributed by atoms with van der Waals surface area (Å²) in [4.78, 5) is 4.25. The van der Waals surface area contributed by atoms with E-state index in [1.165, 1.54) is 0 Å². The first-order valence-corrected chi connectivity index (χ1v) is 5.76. The monoisotopic (exact) mass is 267 g/mol. The van der Waals surface area contributed by atoms with Gasteiger partial charge in [-0.05, 0) is 34.5 Å². The summed E-state index contributed by atoms with van der Waals surface area (Å²) < 4.78 is 0.982. The first-order chi connectivity index (χ1) is 7.26. The highest BCUT2D eigenvalue weighted by molar-refractivity contribution is 9.10. The summed E-state index contributed by atoms with van der Waals surface area (Å²) in [5, 5.41) is 11.9. The van der Waals surface area contributed by atoms with Crippen molar-refractivity contribution in [1.29, 1.82) is 5.26 Å².